The summed E-state index contributed by atoms with van der Waals surface area (Å²) in [5, 5.41) is 18.1. The average molecular weight is 688 g/mol. The second-order valence-electron chi connectivity index (χ2n) is 12.5. The SMILES string of the molecule is CCCCN(CCCC)C(=O)c1cc(C)n(-c2ccc(NC(=O)Cc3ccc(F)cc3Cl)cc2C(=O)N2Cc3ccccc3C[C@H]2CO)n1. The molecule has 0 saturated carbocycles. The predicted octanol–water partition coefficient (Wildman–Crippen LogP) is 6.76. The first-order valence-corrected chi connectivity index (χ1v) is 17.2. The Morgan fingerprint density at radius 3 is 2.39 bits per heavy atom. The number of halogens is 2. The number of anilines is 1. The lowest BCUT2D eigenvalue weighted by Gasteiger charge is -2.36. The van der Waals surface area contributed by atoms with Crippen LogP contribution in [0.5, 0.6) is 0 Å². The number of carbonyl (C=O) groups is 3. The monoisotopic (exact) mass is 687 g/mol. The number of fused-ring (bicyclic) bond motifs is 1. The Bertz CT molecular complexity index is 1820. The molecule has 2 heterocycles. The van der Waals surface area contributed by atoms with Crippen molar-refractivity contribution in [3.63, 3.8) is 0 Å². The minimum absolute atomic E-state index is 0.101. The Hall–Kier alpha value is -4.54. The van der Waals surface area contributed by atoms with E-state index in [-0.39, 0.29) is 41.1 Å². The average Bonchev–Trinajstić information content (AvgIpc) is 3.49. The summed E-state index contributed by atoms with van der Waals surface area (Å²) in [6.07, 6.45) is 4.09. The number of hydrogen-bond donors (Lipinski definition) is 2. The van der Waals surface area contributed by atoms with Gasteiger partial charge in [-0.15, -0.1) is 0 Å². The fraction of sp³-hybridized carbons (Fsp3) is 0.368. The molecule has 0 unspecified atom stereocenters. The lowest BCUT2D eigenvalue weighted by molar-refractivity contribution is -0.115. The number of aliphatic hydroxyl groups excluding tert-OH is 1. The van der Waals surface area contributed by atoms with Crippen LogP contribution in [-0.4, -0.2) is 68.1 Å². The zero-order valence-corrected chi connectivity index (χ0v) is 29.0. The molecular formula is C38H43ClFN5O4. The van der Waals surface area contributed by atoms with E-state index in [4.69, 9.17) is 16.7 Å². The number of benzene rings is 3. The van der Waals surface area contributed by atoms with Crippen LogP contribution in [0.1, 0.15) is 82.8 Å². The summed E-state index contributed by atoms with van der Waals surface area (Å²) in [6.45, 7) is 7.36. The van der Waals surface area contributed by atoms with Crippen LogP contribution in [0.25, 0.3) is 5.69 Å². The number of unbranched alkanes of at least 4 members (excludes halogenated alkanes) is 2. The van der Waals surface area contributed by atoms with Crippen LogP contribution in [-0.2, 0) is 24.2 Å². The van der Waals surface area contributed by atoms with E-state index in [2.05, 4.69) is 19.2 Å². The van der Waals surface area contributed by atoms with Crippen molar-refractivity contribution in [1.82, 2.24) is 19.6 Å². The summed E-state index contributed by atoms with van der Waals surface area (Å²) in [7, 11) is 0. The molecule has 0 fully saturated rings. The molecule has 1 aliphatic heterocycles. The second kappa shape index (κ2) is 16.2. The summed E-state index contributed by atoms with van der Waals surface area (Å²) in [4.78, 5) is 44.7. The zero-order chi connectivity index (χ0) is 35.1. The van der Waals surface area contributed by atoms with E-state index in [1.165, 1.54) is 12.1 Å². The van der Waals surface area contributed by atoms with Gasteiger partial charge in [0.15, 0.2) is 5.69 Å². The minimum atomic E-state index is -0.497. The van der Waals surface area contributed by atoms with Gasteiger partial charge in [-0.05, 0) is 79.3 Å². The Morgan fingerprint density at radius 2 is 1.71 bits per heavy atom. The third-order valence-corrected chi connectivity index (χ3v) is 9.24. The van der Waals surface area contributed by atoms with Gasteiger partial charge in [-0.25, -0.2) is 9.07 Å². The zero-order valence-electron chi connectivity index (χ0n) is 28.2. The molecule has 2 N–H and O–H groups in total. The molecule has 0 saturated heterocycles. The van der Waals surface area contributed by atoms with Gasteiger partial charge in [0.25, 0.3) is 11.8 Å². The molecule has 49 heavy (non-hydrogen) atoms. The molecule has 0 radical (unpaired) electrons. The number of aromatic nitrogens is 2. The van der Waals surface area contributed by atoms with E-state index >= 15 is 0 Å². The van der Waals surface area contributed by atoms with Crippen molar-refractivity contribution in [2.75, 3.05) is 25.0 Å². The van der Waals surface area contributed by atoms with Gasteiger partial charge in [0.1, 0.15) is 5.82 Å². The fourth-order valence-electron chi connectivity index (χ4n) is 6.15. The molecule has 1 atom stereocenters. The van der Waals surface area contributed by atoms with Gasteiger partial charge in [-0.3, -0.25) is 14.4 Å². The Balaban J connectivity index is 1.51. The van der Waals surface area contributed by atoms with Gasteiger partial charge in [-0.1, -0.05) is 68.6 Å². The lowest BCUT2D eigenvalue weighted by Crippen LogP contribution is -2.46. The summed E-state index contributed by atoms with van der Waals surface area (Å²) in [6, 6.07) is 17.9. The highest BCUT2D eigenvalue weighted by atomic mass is 35.5. The molecule has 5 rings (SSSR count). The lowest BCUT2D eigenvalue weighted by atomic mass is 9.93. The summed E-state index contributed by atoms with van der Waals surface area (Å²) in [5.74, 6) is -1.41. The molecule has 4 aromatic rings. The Kier molecular flexibility index (Phi) is 11.9. The maximum Gasteiger partial charge on any atom is 0.274 e. The first kappa shape index (κ1) is 35.8. The normalized spacial score (nSPS) is 14.0. The molecule has 1 aromatic heterocycles. The molecule has 1 aliphatic rings. The molecule has 9 nitrogen and oxygen atoms in total. The Morgan fingerprint density at radius 1 is 1.00 bits per heavy atom. The standard InChI is InChI=1S/C38H43ClFN5O4/c1-4-6-16-43(17-7-5-2)38(49)34-18-25(3)45(42-34)35-15-14-30(41-36(47)20-27-12-13-29(40)21-33(27)39)22-32(35)37(48)44-23-28-11-9-8-10-26(28)19-31(44)24-46/h8-15,18,21-22,31,46H,4-7,16-17,19-20,23-24H2,1-3H3,(H,41,47)/t31-/m0/s1. The van der Waals surface area contributed by atoms with Gasteiger partial charge < -0.3 is 20.2 Å². The minimum Gasteiger partial charge on any atom is -0.394 e. The highest BCUT2D eigenvalue weighted by Crippen LogP contribution is 2.29. The van der Waals surface area contributed by atoms with Gasteiger partial charge in [0.2, 0.25) is 5.91 Å². The van der Waals surface area contributed by atoms with E-state index in [1.807, 2.05) is 36.1 Å². The van der Waals surface area contributed by atoms with Crippen molar-refractivity contribution >= 4 is 35.0 Å². The van der Waals surface area contributed by atoms with Gasteiger partial charge in [-0.2, -0.15) is 5.10 Å². The third kappa shape index (κ3) is 8.37. The molecule has 0 bridgehead atoms. The smallest absolute Gasteiger partial charge is 0.274 e. The Labute approximate surface area is 291 Å². The molecule has 3 amide bonds. The van der Waals surface area contributed by atoms with E-state index in [1.54, 1.807) is 33.8 Å². The largest absolute Gasteiger partial charge is 0.394 e. The van der Waals surface area contributed by atoms with Crippen molar-refractivity contribution in [2.24, 2.45) is 0 Å². The van der Waals surface area contributed by atoms with Crippen LogP contribution in [0, 0.1) is 12.7 Å². The maximum atomic E-state index is 14.5. The van der Waals surface area contributed by atoms with Crippen LogP contribution < -0.4 is 5.32 Å². The van der Waals surface area contributed by atoms with Crippen LogP contribution in [0.2, 0.25) is 5.02 Å². The number of aliphatic hydroxyl groups is 1. The van der Waals surface area contributed by atoms with E-state index < -0.39 is 17.8 Å². The first-order chi connectivity index (χ1) is 23.6. The molecule has 11 heteroatoms. The van der Waals surface area contributed by atoms with E-state index in [0.717, 1.165) is 42.9 Å². The van der Waals surface area contributed by atoms with Crippen molar-refractivity contribution < 1.29 is 23.9 Å². The molecular weight excluding hydrogens is 645 g/mol. The quantitative estimate of drug-likeness (QED) is 0.162. The third-order valence-electron chi connectivity index (χ3n) is 8.89. The number of amides is 3. The molecule has 0 spiro atoms. The van der Waals surface area contributed by atoms with E-state index in [9.17, 15) is 23.9 Å². The highest BCUT2D eigenvalue weighted by Gasteiger charge is 2.32. The van der Waals surface area contributed by atoms with Gasteiger partial charge in [0, 0.05) is 36.0 Å². The van der Waals surface area contributed by atoms with Gasteiger partial charge >= 0.3 is 0 Å². The summed E-state index contributed by atoms with van der Waals surface area (Å²) < 4.78 is 15.2. The van der Waals surface area contributed by atoms with Gasteiger partial charge in [0.05, 0.1) is 30.3 Å². The highest BCUT2D eigenvalue weighted by molar-refractivity contribution is 6.31. The maximum absolute atomic E-state index is 14.5. The van der Waals surface area contributed by atoms with Crippen molar-refractivity contribution in [2.45, 2.75) is 71.9 Å². The van der Waals surface area contributed by atoms with Crippen LogP contribution in [0.15, 0.2) is 66.7 Å². The summed E-state index contributed by atoms with van der Waals surface area (Å²) in [5.41, 5.74) is 4.52. The molecule has 0 aliphatic carbocycles. The molecule has 258 valence electrons. The van der Waals surface area contributed by atoms with E-state index in [0.29, 0.717) is 48.7 Å². The number of hydrogen-bond acceptors (Lipinski definition) is 5. The number of rotatable bonds is 13. The van der Waals surface area contributed by atoms with Crippen LogP contribution in [0.4, 0.5) is 10.1 Å². The predicted molar refractivity (Wildman–Crippen MR) is 189 cm³/mol. The summed E-state index contributed by atoms with van der Waals surface area (Å²) >= 11 is 6.16. The molecule has 3 aromatic carbocycles. The number of aryl methyl sites for hydroxylation is 1. The van der Waals surface area contributed by atoms with Crippen molar-refractivity contribution in [3.8, 4) is 5.69 Å². The van der Waals surface area contributed by atoms with Crippen LogP contribution >= 0.6 is 11.6 Å². The van der Waals surface area contributed by atoms with Crippen LogP contribution in [0.3, 0.4) is 0 Å². The van der Waals surface area contributed by atoms with Crippen molar-refractivity contribution in [3.05, 3.63) is 111 Å². The topological polar surface area (TPSA) is 108 Å². The van der Waals surface area contributed by atoms with Crippen molar-refractivity contribution in [1.29, 1.82) is 0 Å². The number of nitrogens with zero attached hydrogens (tertiary/aromatic N) is 4. The first-order valence-electron chi connectivity index (χ1n) is 16.9. The number of carbonyl (C=O) groups excluding carboxylic acids is 3. The fourth-order valence-corrected chi connectivity index (χ4v) is 6.39. The number of nitrogens with one attached hydrogen (secondary N) is 1. The second-order valence-corrected chi connectivity index (χ2v) is 12.9.